The molecule has 0 fully saturated rings. The monoisotopic (exact) mass is 381 g/mol. The number of halogens is 3. The minimum Gasteiger partial charge on any atom is -0.334 e. The molecule has 0 saturated heterocycles. The van der Waals surface area contributed by atoms with E-state index in [9.17, 15) is 18.0 Å². The van der Waals surface area contributed by atoms with Crippen molar-refractivity contribution in [2.24, 2.45) is 0 Å². The lowest BCUT2D eigenvalue weighted by Crippen LogP contribution is -2.35. The van der Waals surface area contributed by atoms with E-state index in [4.69, 9.17) is 0 Å². The molecule has 1 aliphatic rings. The van der Waals surface area contributed by atoms with Gasteiger partial charge in [-0.25, -0.2) is 0 Å². The van der Waals surface area contributed by atoms with Crippen molar-refractivity contribution in [1.82, 2.24) is 4.90 Å². The molecule has 28 heavy (non-hydrogen) atoms. The highest BCUT2D eigenvalue weighted by Gasteiger charge is 2.30. The normalized spacial score (nSPS) is 14.1. The summed E-state index contributed by atoms with van der Waals surface area (Å²) in [5.74, 6) is 0.0238. The first-order valence-corrected chi connectivity index (χ1v) is 9.02. The highest BCUT2D eigenvalue weighted by Crippen LogP contribution is 2.34. The molecule has 0 unspecified atom stereocenters. The second-order valence-electron chi connectivity index (χ2n) is 6.93. The molecule has 1 amide bonds. The van der Waals surface area contributed by atoms with Gasteiger partial charge < -0.3 is 4.90 Å². The molecule has 5 heteroatoms. The molecule has 3 aromatic carbocycles. The standard InChI is InChI=1S/C23H18F3NO/c24-23(25,26)19-11-9-17(10-12-19)20-8-4-7-18-15-27(22(28)13-21(18)20)14-16-5-2-1-3-6-16/h1-12H,13-15H2. The average molecular weight is 381 g/mol. The van der Waals surface area contributed by atoms with Crippen molar-refractivity contribution in [1.29, 1.82) is 0 Å². The second kappa shape index (κ2) is 7.15. The predicted molar refractivity (Wildman–Crippen MR) is 101 cm³/mol. The molecule has 0 radical (unpaired) electrons. The Morgan fingerprint density at radius 2 is 1.57 bits per heavy atom. The third-order valence-electron chi connectivity index (χ3n) is 5.05. The fraction of sp³-hybridized carbons (Fsp3) is 0.174. The van der Waals surface area contributed by atoms with Crippen molar-refractivity contribution in [3.63, 3.8) is 0 Å². The zero-order chi connectivity index (χ0) is 19.7. The van der Waals surface area contributed by atoms with Gasteiger partial charge in [0.2, 0.25) is 5.91 Å². The summed E-state index contributed by atoms with van der Waals surface area (Å²) in [6, 6.07) is 20.6. The summed E-state index contributed by atoms with van der Waals surface area (Å²) in [4.78, 5) is 14.5. The molecule has 0 spiro atoms. The first kappa shape index (κ1) is 18.3. The summed E-state index contributed by atoms with van der Waals surface area (Å²) in [5, 5.41) is 0. The highest BCUT2D eigenvalue weighted by atomic mass is 19.4. The quantitative estimate of drug-likeness (QED) is 0.590. The average Bonchev–Trinajstić information content (AvgIpc) is 2.68. The van der Waals surface area contributed by atoms with Crippen LogP contribution in [0, 0.1) is 0 Å². The van der Waals surface area contributed by atoms with Crippen molar-refractivity contribution >= 4 is 5.91 Å². The van der Waals surface area contributed by atoms with Gasteiger partial charge in [0.1, 0.15) is 0 Å². The Balaban J connectivity index is 1.62. The number of fused-ring (bicyclic) bond motifs is 1. The van der Waals surface area contributed by atoms with Gasteiger partial charge in [-0.3, -0.25) is 4.79 Å². The minimum absolute atomic E-state index is 0.0238. The zero-order valence-electron chi connectivity index (χ0n) is 15.0. The maximum atomic E-state index is 12.8. The van der Waals surface area contributed by atoms with Gasteiger partial charge in [-0.15, -0.1) is 0 Å². The van der Waals surface area contributed by atoms with E-state index >= 15 is 0 Å². The van der Waals surface area contributed by atoms with Gasteiger partial charge in [-0.1, -0.05) is 60.7 Å². The molecule has 4 rings (SSSR count). The Hall–Kier alpha value is -3.08. The van der Waals surface area contributed by atoms with Crippen LogP contribution in [0.5, 0.6) is 0 Å². The topological polar surface area (TPSA) is 20.3 Å². The van der Waals surface area contributed by atoms with Gasteiger partial charge in [0.15, 0.2) is 0 Å². The van der Waals surface area contributed by atoms with Crippen molar-refractivity contribution in [3.8, 4) is 11.1 Å². The smallest absolute Gasteiger partial charge is 0.334 e. The Kier molecular flexibility index (Phi) is 4.67. The molecule has 0 aliphatic carbocycles. The van der Waals surface area contributed by atoms with Crippen LogP contribution in [0.3, 0.4) is 0 Å². The van der Waals surface area contributed by atoms with Gasteiger partial charge >= 0.3 is 6.18 Å². The van der Waals surface area contributed by atoms with Crippen LogP contribution in [0.1, 0.15) is 22.3 Å². The first-order chi connectivity index (χ1) is 13.4. The summed E-state index contributed by atoms with van der Waals surface area (Å²) in [6.45, 7) is 1.04. The zero-order valence-corrected chi connectivity index (χ0v) is 15.0. The number of benzene rings is 3. The predicted octanol–water partition coefficient (Wildman–Crippen LogP) is 5.46. The Bertz CT molecular complexity index is 995. The Labute approximate surface area is 161 Å². The lowest BCUT2D eigenvalue weighted by molar-refractivity contribution is -0.137. The summed E-state index contributed by atoms with van der Waals surface area (Å²) >= 11 is 0. The molecular formula is C23H18F3NO. The molecule has 0 saturated carbocycles. The van der Waals surface area contributed by atoms with Gasteiger partial charge in [0.25, 0.3) is 0 Å². The first-order valence-electron chi connectivity index (χ1n) is 9.02. The van der Waals surface area contributed by atoms with E-state index in [2.05, 4.69) is 0 Å². The van der Waals surface area contributed by atoms with E-state index < -0.39 is 11.7 Å². The van der Waals surface area contributed by atoms with Gasteiger partial charge in [-0.2, -0.15) is 13.2 Å². The van der Waals surface area contributed by atoms with Crippen LogP contribution < -0.4 is 0 Å². The van der Waals surface area contributed by atoms with E-state index in [1.54, 1.807) is 0 Å². The Morgan fingerprint density at radius 3 is 2.25 bits per heavy atom. The van der Waals surface area contributed by atoms with Crippen LogP contribution in [0.15, 0.2) is 72.8 Å². The fourth-order valence-electron chi connectivity index (χ4n) is 3.61. The molecule has 0 N–H and O–H groups in total. The van der Waals surface area contributed by atoms with Crippen molar-refractivity contribution in [2.75, 3.05) is 0 Å². The summed E-state index contributed by atoms with van der Waals surface area (Å²) in [6.07, 6.45) is -4.11. The van der Waals surface area contributed by atoms with Crippen LogP contribution in [-0.2, 0) is 30.5 Å². The molecule has 0 bridgehead atoms. The van der Waals surface area contributed by atoms with Crippen molar-refractivity contribution in [2.45, 2.75) is 25.7 Å². The van der Waals surface area contributed by atoms with E-state index in [0.717, 1.165) is 34.4 Å². The van der Waals surface area contributed by atoms with E-state index in [1.165, 1.54) is 12.1 Å². The summed E-state index contributed by atoms with van der Waals surface area (Å²) in [7, 11) is 0. The van der Waals surface area contributed by atoms with E-state index in [1.807, 2.05) is 53.4 Å². The maximum absolute atomic E-state index is 12.8. The number of nitrogens with zero attached hydrogens (tertiary/aromatic N) is 1. The molecule has 0 aromatic heterocycles. The van der Waals surface area contributed by atoms with Crippen LogP contribution >= 0.6 is 0 Å². The third-order valence-corrected chi connectivity index (χ3v) is 5.05. The van der Waals surface area contributed by atoms with Crippen molar-refractivity contribution < 1.29 is 18.0 Å². The molecule has 142 valence electrons. The lowest BCUT2D eigenvalue weighted by Gasteiger charge is -2.30. The number of rotatable bonds is 3. The number of hydrogen-bond acceptors (Lipinski definition) is 1. The van der Waals surface area contributed by atoms with Crippen LogP contribution in [0.25, 0.3) is 11.1 Å². The molecule has 0 atom stereocenters. The van der Waals surface area contributed by atoms with Gasteiger partial charge in [-0.05, 0) is 39.9 Å². The SMILES string of the molecule is O=C1Cc2c(cccc2-c2ccc(C(F)(F)F)cc2)CN1Cc1ccccc1. The lowest BCUT2D eigenvalue weighted by atomic mass is 9.90. The molecule has 1 heterocycles. The number of carbonyl (C=O) groups is 1. The fourth-order valence-corrected chi connectivity index (χ4v) is 3.61. The van der Waals surface area contributed by atoms with Crippen molar-refractivity contribution in [3.05, 3.63) is 95.1 Å². The van der Waals surface area contributed by atoms with Crippen LogP contribution in [-0.4, -0.2) is 10.8 Å². The molecule has 2 nitrogen and oxygen atoms in total. The largest absolute Gasteiger partial charge is 0.416 e. The van der Waals surface area contributed by atoms with Gasteiger partial charge in [0, 0.05) is 13.1 Å². The third kappa shape index (κ3) is 3.65. The number of hydrogen-bond donors (Lipinski definition) is 0. The molecular weight excluding hydrogens is 363 g/mol. The maximum Gasteiger partial charge on any atom is 0.416 e. The van der Waals surface area contributed by atoms with Crippen LogP contribution in [0.4, 0.5) is 13.2 Å². The number of carbonyl (C=O) groups excluding carboxylic acids is 1. The molecule has 3 aromatic rings. The van der Waals surface area contributed by atoms with E-state index in [-0.39, 0.29) is 12.3 Å². The number of amides is 1. The highest BCUT2D eigenvalue weighted by molar-refractivity contribution is 5.85. The Morgan fingerprint density at radius 1 is 0.857 bits per heavy atom. The summed E-state index contributed by atoms with van der Waals surface area (Å²) in [5.41, 5.74) is 3.84. The molecule has 1 aliphatic heterocycles. The number of alkyl halides is 3. The van der Waals surface area contributed by atoms with Crippen LogP contribution in [0.2, 0.25) is 0 Å². The summed E-state index contributed by atoms with van der Waals surface area (Å²) < 4.78 is 38.5. The van der Waals surface area contributed by atoms with Gasteiger partial charge in [0.05, 0.1) is 12.0 Å². The minimum atomic E-state index is -4.36. The second-order valence-corrected chi connectivity index (χ2v) is 6.93. The van der Waals surface area contributed by atoms with E-state index in [0.29, 0.717) is 18.7 Å².